The van der Waals surface area contributed by atoms with E-state index in [9.17, 15) is 0 Å². The highest BCUT2D eigenvalue weighted by Crippen LogP contribution is 2.46. The Kier molecular flexibility index (Phi) is 14.9. The van der Waals surface area contributed by atoms with Crippen LogP contribution >= 0.6 is 23.1 Å². The number of thiazole rings is 1. The van der Waals surface area contributed by atoms with E-state index in [-0.39, 0.29) is 0 Å². The first-order valence-electron chi connectivity index (χ1n) is 23.5. The highest BCUT2D eigenvalue weighted by Gasteiger charge is 2.23. The average Bonchev–Trinajstić information content (AvgIpc) is 3.91. The van der Waals surface area contributed by atoms with E-state index in [0.717, 1.165) is 98.7 Å². The second kappa shape index (κ2) is 22.7. The fourth-order valence-electron chi connectivity index (χ4n) is 8.05. The van der Waals surface area contributed by atoms with Gasteiger partial charge in [-0.1, -0.05) is 151 Å². The van der Waals surface area contributed by atoms with Crippen LogP contribution in [0.4, 0.5) is 5.69 Å². The lowest BCUT2D eigenvalue weighted by Crippen LogP contribution is -2.28. The lowest BCUT2D eigenvalue weighted by Gasteiger charge is -2.14. The quantitative estimate of drug-likeness (QED) is 0.0700. The molecule has 0 saturated heterocycles. The summed E-state index contributed by atoms with van der Waals surface area (Å²) in [7, 11) is 4.20. The summed E-state index contributed by atoms with van der Waals surface area (Å²) in [5.74, 6) is 4.51. The molecule has 0 bridgehead atoms. The molecular formula is C61H53N2O6S2+. The van der Waals surface area contributed by atoms with Crippen LogP contribution in [0.25, 0.3) is 16.3 Å². The van der Waals surface area contributed by atoms with E-state index in [2.05, 4.69) is 115 Å². The van der Waals surface area contributed by atoms with Crippen molar-refractivity contribution in [3.8, 4) is 34.5 Å². The molecule has 1 aliphatic rings. The van der Waals surface area contributed by atoms with Crippen molar-refractivity contribution in [2.45, 2.75) is 44.5 Å². The van der Waals surface area contributed by atoms with Crippen molar-refractivity contribution in [2.24, 2.45) is 7.05 Å². The summed E-state index contributed by atoms with van der Waals surface area (Å²) < 4.78 is 41.1. The Morgan fingerprint density at radius 3 is 1.31 bits per heavy atom. The zero-order valence-corrected chi connectivity index (χ0v) is 41.2. The smallest absolute Gasteiger partial charge is 0.262 e. The largest absolute Gasteiger partial charge is 0.489 e. The van der Waals surface area contributed by atoms with Gasteiger partial charge < -0.3 is 33.3 Å². The number of hydrogen-bond acceptors (Lipinski definition) is 9. The summed E-state index contributed by atoms with van der Waals surface area (Å²) in [5.41, 5.74) is 8.58. The molecule has 0 fully saturated rings. The molecule has 8 aromatic carbocycles. The van der Waals surface area contributed by atoms with Crippen molar-refractivity contribution in [3.05, 3.63) is 250 Å². The number of benzene rings is 8. The van der Waals surface area contributed by atoms with Crippen molar-refractivity contribution >= 4 is 45.1 Å². The van der Waals surface area contributed by atoms with Crippen LogP contribution in [0.15, 0.2) is 216 Å². The van der Waals surface area contributed by atoms with E-state index in [1.54, 1.807) is 23.1 Å². The maximum atomic E-state index is 6.41. The van der Waals surface area contributed by atoms with E-state index in [4.69, 9.17) is 28.4 Å². The Hall–Kier alpha value is -7.92. The Bertz CT molecular complexity index is 3150. The van der Waals surface area contributed by atoms with E-state index >= 15 is 0 Å². The van der Waals surface area contributed by atoms with Gasteiger partial charge >= 0.3 is 0 Å². The number of allylic oxidation sites excluding steroid dienone is 2. The Labute approximate surface area is 423 Å². The fraction of sp³-hybridized carbons (Fsp3) is 0.131. The second-order valence-corrected chi connectivity index (χ2v) is 19.2. The van der Waals surface area contributed by atoms with Gasteiger partial charge in [-0.25, -0.2) is 0 Å². The lowest BCUT2D eigenvalue weighted by molar-refractivity contribution is -0.642. The molecule has 71 heavy (non-hydrogen) atoms. The summed E-state index contributed by atoms with van der Waals surface area (Å²) in [4.78, 5) is 3.36. The van der Waals surface area contributed by atoms with Gasteiger partial charge in [0.1, 0.15) is 85.9 Å². The molecule has 0 spiro atoms. The maximum Gasteiger partial charge on any atom is 0.262 e. The standard InChI is InChI=1S/C61H53N2O6S2/c1-62-56-28-26-50(64-42-48-30-52(66-38-44-16-7-3-8-17-44)34-53(31-48)67-39-45-18-9-4-10-19-45)36-58(56)70-60(62)24-15-25-61-63(2)57-29-27-51(37-59(57)71-61)65-43-49-32-54(68-40-46-20-11-5-12-21-46)35-55(33-49)69-41-47-22-13-6-14-23-47/h3-37H,38-43H2,1-2H3/q+1. The van der Waals surface area contributed by atoms with Crippen LogP contribution in [0.2, 0.25) is 0 Å². The number of nitrogens with zero attached hydrogens (tertiary/aromatic N) is 2. The fourth-order valence-corrected chi connectivity index (χ4v) is 10.2. The van der Waals surface area contributed by atoms with E-state index < -0.39 is 0 Å². The third-order valence-electron chi connectivity index (χ3n) is 11.8. The first-order valence-corrected chi connectivity index (χ1v) is 25.1. The Morgan fingerprint density at radius 1 is 0.437 bits per heavy atom. The molecule has 10 rings (SSSR count). The van der Waals surface area contributed by atoms with Gasteiger partial charge in [0.25, 0.3) is 5.01 Å². The number of rotatable bonds is 20. The van der Waals surface area contributed by atoms with Gasteiger partial charge in [0, 0.05) is 42.3 Å². The number of fused-ring (bicyclic) bond motifs is 2. The molecular weight excluding hydrogens is 921 g/mol. The SMILES string of the molecule is CN1/C(=C/C=C/c2sc3cc(OCc4cc(OCc5ccccc5)cc(OCc5ccccc5)c4)ccc3[n+]2C)Sc2cc(OCc3cc(OCc4ccccc4)cc(OCc4ccccc4)c3)ccc21. The summed E-state index contributed by atoms with van der Waals surface area (Å²) >= 11 is 3.46. The van der Waals surface area contributed by atoms with Crippen molar-refractivity contribution in [3.63, 3.8) is 0 Å². The van der Waals surface area contributed by atoms with Crippen LogP contribution in [0.1, 0.15) is 38.4 Å². The van der Waals surface area contributed by atoms with Gasteiger partial charge in [0.15, 0.2) is 0 Å². The number of hydrogen-bond donors (Lipinski definition) is 0. The maximum absolute atomic E-state index is 6.41. The lowest BCUT2D eigenvalue weighted by atomic mass is 10.2. The molecule has 0 N–H and O–H groups in total. The molecule has 0 amide bonds. The molecule has 0 unspecified atom stereocenters. The normalized spacial score (nSPS) is 12.6. The van der Waals surface area contributed by atoms with E-state index in [1.165, 1.54) is 0 Å². The second-order valence-electron chi connectivity index (χ2n) is 17.1. The molecule has 354 valence electrons. The van der Waals surface area contributed by atoms with Crippen molar-refractivity contribution in [1.29, 1.82) is 0 Å². The minimum Gasteiger partial charge on any atom is -0.489 e. The van der Waals surface area contributed by atoms with Crippen molar-refractivity contribution in [1.82, 2.24) is 0 Å². The third-order valence-corrected chi connectivity index (χ3v) is 14.2. The van der Waals surface area contributed by atoms with Crippen LogP contribution < -0.4 is 37.9 Å². The molecule has 9 aromatic rings. The van der Waals surface area contributed by atoms with Gasteiger partial charge in [0.05, 0.1) is 10.7 Å². The summed E-state index contributed by atoms with van der Waals surface area (Å²) in [6.45, 7) is 2.56. The first kappa shape index (κ1) is 46.8. The summed E-state index contributed by atoms with van der Waals surface area (Å²) in [5, 5.41) is 2.25. The number of aromatic nitrogens is 1. The number of aryl methyl sites for hydroxylation is 1. The number of ether oxygens (including phenoxy) is 6. The molecule has 0 atom stereocenters. The van der Waals surface area contributed by atoms with E-state index in [1.807, 2.05) is 121 Å². The molecule has 2 heterocycles. The first-order chi connectivity index (χ1) is 34.9. The molecule has 0 radical (unpaired) electrons. The van der Waals surface area contributed by atoms with Gasteiger partial charge in [-0.15, -0.1) is 0 Å². The van der Waals surface area contributed by atoms with Gasteiger partial charge in [0.2, 0.25) is 5.52 Å². The van der Waals surface area contributed by atoms with Gasteiger partial charge in [-0.3, -0.25) is 0 Å². The summed E-state index contributed by atoms with van der Waals surface area (Å²) in [6, 6.07) is 65.2. The van der Waals surface area contributed by atoms with Gasteiger partial charge in [-0.2, -0.15) is 4.57 Å². The zero-order valence-electron chi connectivity index (χ0n) is 39.6. The zero-order chi connectivity index (χ0) is 48.2. The highest BCUT2D eigenvalue weighted by molar-refractivity contribution is 8.03. The number of anilines is 1. The minimum absolute atomic E-state index is 0.361. The number of thioether (sulfide) groups is 1. The van der Waals surface area contributed by atoms with Crippen molar-refractivity contribution < 1.29 is 33.0 Å². The average molecular weight is 974 g/mol. The predicted octanol–water partition coefficient (Wildman–Crippen LogP) is 14.3. The Balaban J connectivity index is 0.774. The Morgan fingerprint density at radius 2 is 0.845 bits per heavy atom. The molecule has 0 saturated carbocycles. The molecule has 10 heteroatoms. The van der Waals surface area contributed by atoms with Crippen LogP contribution in [-0.4, -0.2) is 7.05 Å². The predicted molar refractivity (Wildman–Crippen MR) is 285 cm³/mol. The third kappa shape index (κ3) is 12.5. The van der Waals surface area contributed by atoms with Crippen LogP contribution in [0.5, 0.6) is 34.5 Å². The van der Waals surface area contributed by atoms with Gasteiger partial charge in [-0.05, 0) is 88.0 Å². The molecule has 1 aliphatic heterocycles. The van der Waals surface area contributed by atoms with Crippen LogP contribution in [0, 0.1) is 0 Å². The van der Waals surface area contributed by atoms with Crippen molar-refractivity contribution in [2.75, 3.05) is 11.9 Å². The topological polar surface area (TPSA) is 62.5 Å². The minimum atomic E-state index is 0.361. The monoisotopic (exact) mass is 973 g/mol. The van der Waals surface area contributed by atoms with Crippen LogP contribution in [0.3, 0.4) is 0 Å². The van der Waals surface area contributed by atoms with Crippen LogP contribution in [-0.2, 0) is 46.7 Å². The molecule has 0 aliphatic carbocycles. The van der Waals surface area contributed by atoms with E-state index in [0.29, 0.717) is 39.6 Å². The molecule has 1 aromatic heterocycles. The molecule has 8 nitrogen and oxygen atoms in total. The highest BCUT2D eigenvalue weighted by atomic mass is 32.2. The summed E-state index contributed by atoms with van der Waals surface area (Å²) in [6.07, 6.45) is 6.45.